The third-order valence-corrected chi connectivity index (χ3v) is 0.515. The maximum absolute atomic E-state index is 3.56. The Balaban J connectivity index is -0.0000000910. The second-order valence-electron chi connectivity index (χ2n) is 1.52. The Morgan fingerprint density at radius 2 is 1.30 bits per heavy atom. The minimum atomic E-state index is 0. The maximum atomic E-state index is 3.56. The van der Waals surface area contributed by atoms with Crippen LogP contribution in [0.25, 0.3) is 0 Å². The van der Waals surface area contributed by atoms with Crippen LogP contribution in [0, 0.1) is 0 Å². The van der Waals surface area contributed by atoms with E-state index < -0.39 is 0 Å². The van der Waals surface area contributed by atoms with Crippen molar-refractivity contribution in [1.29, 1.82) is 0 Å². The van der Waals surface area contributed by atoms with E-state index in [1.165, 1.54) is 0 Å². The first-order valence-corrected chi connectivity index (χ1v) is 2.70. The Morgan fingerprint density at radius 1 is 1.10 bits per heavy atom. The molecule has 0 saturated carbocycles. The largest absolute Gasteiger partial charge is 0.0991 e. The van der Waals surface area contributed by atoms with Gasteiger partial charge in [0, 0.05) is 17.1 Å². The molecular formula is C9H14Fe. The van der Waals surface area contributed by atoms with E-state index in [1.807, 2.05) is 6.92 Å². The van der Waals surface area contributed by atoms with E-state index in [0.29, 0.717) is 0 Å². The van der Waals surface area contributed by atoms with Crippen LogP contribution in [0.15, 0.2) is 50.1 Å². The smallest absolute Gasteiger partial charge is 0 e. The molecule has 0 radical (unpaired) electrons. The second kappa shape index (κ2) is 15.8. The van der Waals surface area contributed by atoms with E-state index in [2.05, 4.69) is 26.3 Å². The van der Waals surface area contributed by atoms with Gasteiger partial charge in [0.1, 0.15) is 0 Å². The first-order valence-electron chi connectivity index (χ1n) is 2.70. The average molecular weight is 178 g/mol. The Kier molecular flexibility index (Phi) is 25.6. The normalized spacial score (nSPS) is 5.30. The molecule has 0 atom stereocenters. The second-order valence-corrected chi connectivity index (χ2v) is 1.52. The topological polar surface area (TPSA) is 0 Å². The number of hydrogen-bond acceptors (Lipinski definition) is 0. The molecule has 0 unspecified atom stereocenters. The zero-order valence-electron chi connectivity index (χ0n) is 6.41. The van der Waals surface area contributed by atoms with Crippen molar-refractivity contribution < 1.29 is 17.1 Å². The van der Waals surface area contributed by atoms with E-state index in [9.17, 15) is 0 Å². The van der Waals surface area contributed by atoms with E-state index in [1.54, 1.807) is 18.2 Å². The minimum Gasteiger partial charge on any atom is -0.0991 e. The monoisotopic (exact) mass is 178 g/mol. The molecule has 0 aliphatic heterocycles. The third-order valence-electron chi connectivity index (χ3n) is 0.515. The molecule has 0 heterocycles. The zero-order valence-corrected chi connectivity index (χ0v) is 7.52. The van der Waals surface area contributed by atoms with Gasteiger partial charge in [0.05, 0.1) is 0 Å². The molecule has 0 aliphatic rings. The minimum absolute atomic E-state index is 0. The van der Waals surface area contributed by atoms with Gasteiger partial charge in [-0.25, -0.2) is 0 Å². The fourth-order valence-corrected chi connectivity index (χ4v) is 0. The van der Waals surface area contributed by atoms with Crippen LogP contribution in [-0.2, 0) is 17.1 Å². The summed E-state index contributed by atoms with van der Waals surface area (Å²) >= 11 is 0. The van der Waals surface area contributed by atoms with E-state index in [4.69, 9.17) is 0 Å². The summed E-state index contributed by atoms with van der Waals surface area (Å²) < 4.78 is 0. The van der Waals surface area contributed by atoms with E-state index >= 15 is 0 Å². The van der Waals surface area contributed by atoms with Crippen LogP contribution in [-0.4, -0.2) is 0 Å². The average Bonchev–Trinajstić information content (AvgIpc) is 1.89. The quantitative estimate of drug-likeness (QED) is 0.450. The summed E-state index contributed by atoms with van der Waals surface area (Å²) in [6.45, 7) is 15.6. The van der Waals surface area contributed by atoms with E-state index in [0.717, 1.165) is 5.57 Å². The van der Waals surface area contributed by atoms with Crippen LogP contribution in [0.2, 0.25) is 0 Å². The summed E-state index contributed by atoms with van der Waals surface area (Å²) in [5, 5.41) is 0. The van der Waals surface area contributed by atoms with Crippen molar-refractivity contribution in [3.05, 3.63) is 50.1 Å². The molecule has 0 bridgehead atoms. The summed E-state index contributed by atoms with van der Waals surface area (Å²) in [7, 11) is 0. The first kappa shape index (κ1) is 16.2. The Morgan fingerprint density at radius 3 is 1.30 bits per heavy atom. The molecule has 0 nitrogen and oxygen atoms in total. The van der Waals surface area contributed by atoms with Crippen LogP contribution < -0.4 is 0 Å². The predicted molar refractivity (Wildman–Crippen MR) is 45.4 cm³/mol. The Labute approximate surface area is 74.5 Å². The summed E-state index contributed by atoms with van der Waals surface area (Å²) in [5.41, 5.74) is 1.02. The van der Waals surface area contributed by atoms with Gasteiger partial charge >= 0.3 is 0 Å². The first-order chi connectivity index (χ1) is 4.18. The third kappa shape index (κ3) is 51.1. The van der Waals surface area contributed by atoms with Crippen molar-refractivity contribution in [3.8, 4) is 0 Å². The summed E-state index contributed by atoms with van der Waals surface area (Å²) in [6.07, 6.45) is 5.00. The molecule has 58 valence electrons. The van der Waals surface area contributed by atoms with Crippen molar-refractivity contribution in [3.63, 3.8) is 0 Å². The Bertz CT molecular complexity index is 106. The molecular weight excluding hydrogens is 164 g/mol. The van der Waals surface area contributed by atoms with Crippen molar-refractivity contribution >= 4 is 0 Å². The predicted octanol–water partition coefficient (Wildman–Crippen LogP) is 3.10. The molecule has 0 aliphatic carbocycles. The van der Waals surface area contributed by atoms with Crippen molar-refractivity contribution in [1.82, 2.24) is 0 Å². The van der Waals surface area contributed by atoms with Crippen LogP contribution >= 0.6 is 0 Å². The number of rotatable bonds is 2. The summed E-state index contributed by atoms with van der Waals surface area (Å²) in [6, 6.07) is 0. The molecule has 1 heteroatoms. The Hall–Kier alpha value is -0.521. The van der Waals surface area contributed by atoms with Crippen LogP contribution in [0.3, 0.4) is 0 Å². The summed E-state index contributed by atoms with van der Waals surface area (Å²) in [4.78, 5) is 0. The van der Waals surface area contributed by atoms with E-state index in [-0.39, 0.29) is 17.1 Å². The molecule has 0 aromatic heterocycles. The van der Waals surface area contributed by atoms with Gasteiger partial charge in [-0.1, -0.05) is 50.1 Å². The molecule has 0 N–H and O–H groups in total. The molecule has 0 amide bonds. The van der Waals surface area contributed by atoms with Gasteiger partial charge < -0.3 is 0 Å². The molecule has 0 saturated heterocycles. The molecule has 0 spiro atoms. The molecule has 0 fully saturated rings. The molecule has 0 aromatic carbocycles. The van der Waals surface area contributed by atoms with Gasteiger partial charge in [-0.15, -0.1) is 0 Å². The molecule has 0 aromatic rings. The zero-order chi connectivity index (χ0) is 7.70. The van der Waals surface area contributed by atoms with Gasteiger partial charge in [-0.3, -0.25) is 0 Å². The van der Waals surface area contributed by atoms with Crippen LogP contribution in [0.5, 0.6) is 0 Å². The van der Waals surface area contributed by atoms with Gasteiger partial charge in [0.2, 0.25) is 0 Å². The van der Waals surface area contributed by atoms with Crippen molar-refractivity contribution in [2.75, 3.05) is 0 Å². The van der Waals surface area contributed by atoms with Gasteiger partial charge in [0.15, 0.2) is 0 Å². The molecule has 10 heavy (non-hydrogen) atoms. The van der Waals surface area contributed by atoms with Gasteiger partial charge in [-0.05, 0) is 6.92 Å². The van der Waals surface area contributed by atoms with Crippen molar-refractivity contribution in [2.24, 2.45) is 0 Å². The maximum Gasteiger partial charge on any atom is 0 e. The van der Waals surface area contributed by atoms with Gasteiger partial charge in [-0.2, -0.15) is 0 Å². The number of hydrogen-bond donors (Lipinski definition) is 0. The SMILES string of the molecule is C=CC(=C)C.C=CC=C.[Fe]. The van der Waals surface area contributed by atoms with Crippen LogP contribution in [0.1, 0.15) is 6.92 Å². The number of allylic oxidation sites excluding steroid dienone is 4. The van der Waals surface area contributed by atoms with Crippen molar-refractivity contribution in [2.45, 2.75) is 6.92 Å². The van der Waals surface area contributed by atoms with Gasteiger partial charge in [0.25, 0.3) is 0 Å². The molecule has 0 rings (SSSR count). The standard InChI is InChI=1S/C5H8.C4H6.Fe/c1-4-5(2)3;1-3-4-2;/h4H,1-2H2,3H3;3-4H,1-2H2;. The van der Waals surface area contributed by atoms with Crippen LogP contribution in [0.4, 0.5) is 0 Å². The summed E-state index contributed by atoms with van der Waals surface area (Å²) in [5.74, 6) is 0. The fraction of sp³-hybridized carbons (Fsp3) is 0.111. The fourth-order valence-electron chi connectivity index (χ4n) is 0.